The van der Waals surface area contributed by atoms with Gasteiger partial charge in [0.15, 0.2) is 11.5 Å². The molecule has 0 aliphatic rings. The van der Waals surface area contributed by atoms with E-state index in [4.69, 9.17) is 20.9 Å². The molecule has 1 unspecified atom stereocenters. The molecule has 3 aromatic heterocycles. The van der Waals surface area contributed by atoms with Gasteiger partial charge in [-0.3, -0.25) is 4.40 Å². The minimum atomic E-state index is -0.0527. The number of ether oxygens (including phenoxy) is 1. The Bertz CT molecular complexity index is 1260. The number of methoxy groups -OCH3 is 1. The summed E-state index contributed by atoms with van der Waals surface area (Å²) in [5.74, 6) is 0.644. The number of rotatable bonds is 4. The van der Waals surface area contributed by atoms with Gasteiger partial charge in [-0.1, -0.05) is 23.7 Å². The lowest BCUT2D eigenvalue weighted by atomic mass is 10.1. The minimum absolute atomic E-state index is 0.0527. The lowest BCUT2D eigenvalue weighted by Crippen LogP contribution is -2.33. The summed E-state index contributed by atoms with van der Waals surface area (Å²) in [5.41, 5.74) is 2.04. The molecular formula is C18H15ClN6O3. The van der Waals surface area contributed by atoms with Crippen molar-refractivity contribution in [3.05, 3.63) is 45.8 Å². The largest absolute Gasteiger partial charge is 0.618 e. The maximum Gasteiger partial charge on any atom is 0.279 e. The third-order valence-electron chi connectivity index (χ3n) is 4.60. The van der Waals surface area contributed by atoms with Gasteiger partial charge in [0.25, 0.3) is 11.4 Å². The van der Waals surface area contributed by atoms with Crippen LogP contribution in [0.25, 0.3) is 28.1 Å². The molecule has 0 N–H and O–H groups in total. The van der Waals surface area contributed by atoms with Crippen molar-refractivity contribution in [2.24, 2.45) is 0 Å². The van der Waals surface area contributed by atoms with Crippen LogP contribution < -0.4 is 4.73 Å². The van der Waals surface area contributed by atoms with E-state index >= 15 is 0 Å². The summed E-state index contributed by atoms with van der Waals surface area (Å²) < 4.78 is 12.9. The van der Waals surface area contributed by atoms with Gasteiger partial charge in [-0.2, -0.15) is 15.0 Å². The molecule has 0 bridgehead atoms. The van der Waals surface area contributed by atoms with Crippen molar-refractivity contribution in [2.75, 3.05) is 13.7 Å². The van der Waals surface area contributed by atoms with Gasteiger partial charge in [0.05, 0.1) is 11.6 Å². The summed E-state index contributed by atoms with van der Waals surface area (Å²) in [5, 5.41) is 26.6. The SMILES string of the molecule is COCC(C)c1noc(-c2ncn3c2c(C)[n+]([O-])c2c(C#N)c(Cl)ccc23)n1. The number of nitriles is 1. The molecule has 4 aromatic rings. The Kier molecular flexibility index (Phi) is 4.37. The van der Waals surface area contributed by atoms with Crippen LogP contribution >= 0.6 is 11.6 Å². The first-order valence-electron chi connectivity index (χ1n) is 8.42. The van der Waals surface area contributed by atoms with Crippen molar-refractivity contribution in [1.82, 2.24) is 19.5 Å². The van der Waals surface area contributed by atoms with Crippen molar-refractivity contribution in [1.29, 1.82) is 5.26 Å². The van der Waals surface area contributed by atoms with Gasteiger partial charge >= 0.3 is 0 Å². The Balaban J connectivity index is 1.98. The molecule has 142 valence electrons. The van der Waals surface area contributed by atoms with Crippen LogP contribution in [-0.2, 0) is 4.74 Å². The van der Waals surface area contributed by atoms with E-state index in [1.54, 1.807) is 36.9 Å². The molecule has 0 saturated heterocycles. The molecule has 0 radical (unpaired) electrons. The van der Waals surface area contributed by atoms with Gasteiger partial charge in [0.1, 0.15) is 29.0 Å². The van der Waals surface area contributed by atoms with Crippen LogP contribution in [0.4, 0.5) is 0 Å². The van der Waals surface area contributed by atoms with Crippen LogP contribution in [0.15, 0.2) is 23.0 Å². The normalized spacial score (nSPS) is 12.5. The van der Waals surface area contributed by atoms with Crippen LogP contribution in [-0.4, -0.2) is 33.2 Å². The third kappa shape index (κ3) is 2.58. The minimum Gasteiger partial charge on any atom is -0.618 e. The fourth-order valence-electron chi connectivity index (χ4n) is 3.21. The first-order valence-corrected chi connectivity index (χ1v) is 8.80. The highest BCUT2D eigenvalue weighted by Gasteiger charge is 2.26. The van der Waals surface area contributed by atoms with E-state index in [0.717, 1.165) is 0 Å². The zero-order valence-corrected chi connectivity index (χ0v) is 16.1. The van der Waals surface area contributed by atoms with E-state index in [9.17, 15) is 10.5 Å². The number of aromatic nitrogens is 5. The number of hydrogen-bond donors (Lipinski definition) is 0. The highest BCUT2D eigenvalue weighted by molar-refractivity contribution is 6.32. The second-order valence-electron chi connectivity index (χ2n) is 6.41. The van der Waals surface area contributed by atoms with Gasteiger partial charge in [-0.15, -0.1) is 0 Å². The number of halogens is 1. The number of nitrogens with zero attached hydrogens (tertiary/aromatic N) is 6. The number of hydrogen-bond acceptors (Lipinski definition) is 7. The molecule has 0 spiro atoms. The topological polar surface area (TPSA) is 116 Å². The summed E-state index contributed by atoms with van der Waals surface area (Å²) in [6.07, 6.45) is 1.55. The van der Waals surface area contributed by atoms with E-state index in [1.165, 1.54) is 0 Å². The van der Waals surface area contributed by atoms with E-state index < -0.39 is 0 Å². The monoisotopic (exact) mass is 398 g/mol. The van der Waals surface area contributed by atoms with Gasteiger partial charge in [0, 0.05) is 20.0 Å². The molecule has 4 rings (SSSR count). The molecule has 3 heterocycles. The Labute approximate surface area is 164 Å². The van der Waals surface area contributed by atoms with E-state index in [0.29, 0.717) is 39.6 Å². The molecule has 0 saturated carbocycles. The van der Waals surface area contributed by atoms with Gasteiger partial charge in [-0.25, -0.2) is 4.98 Å². The molecule has 0 fully saturated rings. The molecule has 10 heteroatoms. The first-order chi connectivity index (χ1) is 13.5. The van der Waals surface area contributed by atoms with Crippen LogP contribution in [0.2, 0.25) is 5.02 Å². The standard InChI is InChI=1S/C18H15ClN6O3/c1-9(7-27-3)17-22-18(28-23-17)14-15-10(2)25(26)16-11(6-20)12(19)4-5-13(16)24(15)8-21-14/h4-5,8-9H,7H2,1-3H3. The molecule has 0 aliphatic heterocycles. The molecule has 28 heavy (non-hydrogen) atoms. The lowest BCUT2D eigenvalue weighted by Gasteiger charge is -2.10. The lowest BCUT2D eigenvalue weighted by molar-refractivity contribution is -0.583. The summed E-state index contributed by atoms with van der Waals surface area (Å²) >= 11 is 6.09. The van der Waals surface area contributed by atoms with Crippen molar-refractivity contribution in [3.63, 3.8) is 0 Å². The molecule has 0 amide bonds. The molecule has 0 aliphatic carbocycles. The summed E-state index contributed by atoms with van der Waals surface area (Å²) in [6, 6.07) is 5.25. The maximum atomic E-state index is 12.9. The molecule has 1 atom stereocenters. The number of benzene rings is 1. The van der Waals surface area contributed by atoms with Crippen LogP contribution in [0.1, 0.15) is 29.9 Å². The van der Waals surface area contributed by atoms with Crippen molar-refractivity contribution in [3.8, 4) is 17.7 Å². The number of imidazole rings is 1. The second-order valence-corrected chi connectivity index (χ2v) is 6.81. The van der Waals surface area contributed by atoms with Gasteiger partial charge in [0.2, 0.25) is 5.69 Å². The quantitative estimate of drug-likeness (QED) is 0.383. The van der Waals surface area contributed by atoms with E-state index in [-0.39, 0.29) is 27.9 Å². The van der Waals surface area contributed by atoms with Crippen molar-refractivity contribution in [2.45, 2.75) is 19.8 Å². The summed E-state index contributed by atoms with van der Waals surface area (Å²) in [7, 11) is 1.60. The van der Waals surface area contributed by atoms with E-state index in [2.05, 4.69) is 15.1 Å². The number of fused-ring (bicyclic) bond motifs is 3. The highest BCUT2D eigenvalue weighted by atomic mass is 35.5. The summed E-state index contributed by atoms with van der Waals surface area (Å²) in [4.78, 5) is 8.78. The Morgan fingerprint density at radius 1 is 1.46 bits per heavy atom. The highest BCUT2D eigenvalue weighted by Crippen LogP contribution is 2.30. The Hall–Kier alpha value is -3.22. The zero-order valence-electron chi connectivity index (χ0n) is 15.3. The molecule has 9 nitrogen and oxygen atoms in total. The third-order valence-corrected chi connectivity index (χ3v) is 4.91. The average molecular weight is 399 g/mol. The second kappa shape index (κ2) is 6.74. The van der Waals surface area contributed by atoms with Crippen molar-refractivity contribution < 1.29 is 14.0 Å². The Morgan fingerprint density at radius 2 is 2.25 bits per heavy atom. The predicted molar refractivity (Wildman–Crippen MR) is 99.7 cm³/mol. The summed E-state index contributed by atoms with van der Waals surface area (Å²) in [6.45, 7) is 4.01. The fourth-order valence-corrected chi connectivity index (χ4v) is 3.41. The molecule has 1 aromatic carbocycles. The molecular weight excluding hydrogens is 384 g/mol. The maximum absolute atomic E-state index is 12.9. The zero-order chi connectivity index (χ0) is 20.0. The first kappa shape index (κ1) is 18.2. The van der Waals surface area contributed by atoms with E-state index in [1.807, 2.05) is 13.0 Å². The predicted octanol–water partition coefficient (Wildman–Crippen LogP) is 2.75. The smallest absolute Gasteiger partial charge is 0.279 e. The average Bonchev–Trinajstić information content (AvgIpc) is 3.33. The van der Waals surface area contributed by atoms with Crippen LogP contribution in [0, 0.1) is 23.5 Å². The number of aryl methyl sites for hydroxylation is 1. The Morgan fingerprint density at radius 3 is 2.96 bits per heavy atom. The van der Waals surface area contributed by atoms with Crippen LogP contribution in [0.5, 0.6) is 0 Å². The van der Waals surface area contributed by atoms with Gasteiger partial charge in [-0.05, 0) is 12.1 Å². The van der Waals surface area contributed by atoms with Crippen molar-refractivity contribution >= 4 is 28.2 Å². The fraction of sp³-hybridized carbons (Fsp3) is 0.278. The van der Waals surface area contributed by atoms with Gasteiger partial charge < -0.3 is 14.5 Å². The van der Waals surface area contributed by atoms with Crippen LogP contribution in [0.3, 0.4) is 0 Å².